The summed E-state index contributed by atoms with van der Waals surface area (Å²) in [5.41, 5.74) is 6.70. The van der Waals surface area contributed by atoms with Crippen molar-refractivity contribution in [1.29, 1.82) is 0 Å². The molecule has 1 aliphatic heterocycles. The molecule has 3 rings (SSSR count). The normalized spacial score (nSPS) is 27.0. The Bertz CT molecular complexity index is 741. The van der Waals surface area contributed by atoms with Gasteiger partial charge in [-0.25, -0.2) is 15.0 Å². The van der Waals surface area contributed by atoms with E-state index in [1.54, 1.807) is 4.57 Å². The number of nitrogens with one attached hydrogen (secondary N) is 1. The molecule has 0 unspecified atom stereocenters. The van der Waals surface area contributed by atoms with Crippen molar-refractivity contribution in [2.75, 3.05) is 24.2 Å². The third-order valence-electron chi connectivity index (χ3n) is 3.84. The minimum absolute atomic E-state index is 0.217. The maximum atomic E-state index is 10.3. The van der Waals surface area contributed by atoms with Gasteiger partial charge >= 0.3 is 0 Å². The quantitative estimate of drug-likeness (QED) is 0.298. The van der Waals surface area contributed by atoms with E-state index in [9.17, 15) is 15.3 Å². The van der Waals surface area contributed by atoms with Gasteiger partial charge in [-0.05, 0) is 6.42 Å². The molecule has 0 spiro atoms. The molecule has 2 aromatic rings. The van der Waals surface area contributed by atoms with Gasteiger partial charge in [-0.1, -0.05) is 6.92 Å². The van der Waals surface area contributed by atoms with Crippen molar-refractivity contribution in [1.82, 2.24) is 19.5 Å². The largest absolute Gasteiger partial charge is 0.394 e. The third-order valence-corrected chi connectivity index (χ3v) is 4.33. The molecule has 0 aliphatic carbocycles. The zero-order valence-electron chi connectivity index (χ0n) is 12.9. The van der Waals surface area contributed by atoms with Crippen LogP contribution in [0.3, 0.4) is 0 Å². The van der Waals surface area contributed by atoms with Crippen molar-refractivity contribution in [3.8, 4) is 0 Å². The maximum absolute atomic E-state index is 10.3. The first-order valence-electron chi connectivity index (χ1n) is 7.55. The highest BCUT2D eigenvalue weighted by Crippen LogP contribution is 2.35. The van der Waals surface area contributed by atoms with E-state index in [1.165, 1.54) is 0 Å². The summed E-state index contributed by atoms with van der Waals surface area (Å²) in [5, 5.41) is 32.8. The number of aliphatic hydroxyl groups is 3. The molecule has 2 aromatic heterocycles. The molecule has 3 heterocycles. The molecule has 10 nitrogen and oxygen atoms in total. The summed E-state index contributed by atoms with van der Waals surface area (Å²) in [4.78, 5) is 12.8. The molecule has 0 bridgehead atoms. The summed E-state index contributed by atoms with van der Waals surface area (Å²) in [6, 6.07) is 0. The number of aliphatic hydroxyl groups excluding tert-OH is 3. The van der Waals surface area contributed by atoms with Crippen LogP contribution in [0.4, 0.5) is 11.8 Å². The highest BCUT2D eigenvalue weighted by atomic mass is 127. The molecule has 0 aromatic carbocycles. The predicted molar refractivity (Wildman–Crippen MR) is 94.2 cm³/mol. The molecular formula is C13H19IN6O4. The van der Waals surface area contributed by atoms with Crippen molar-refractivity contribution in [2.24, 2.45) is 0 Å². The monoisotopic (exact) mass is 450 g/mol. The lowest BCUT2D eigenvalue weighted by Gasteiger charge is -2.19. The van der Waals surface area contributed by atoms with Crippen LogP contribution in [0.5, 0.6) is 0 Å². The van der Waals surface area contributed by atoms with Gasteiger partial charge in [-0.15, -0.1) is 0 Å². The van der Waals surface area contributed by atoms with Gasteiger partial charge in [-0.2, -0.15) is 0 Å². The number of hydrogen-bond acceptors (Lipinski definition) is 9. The van der Waals surface area contributed by atoms with Crippen molar-refractivity contribution < 1.29 is 20.1 Å². The van der Waals surface area contributed by atoms with Crippen LogP contribution in [0.25, 0.3) is 11.2 Å². The Morgan fingerprint density at radius 2 is 2.04 bits per heavy atom. The second-order valence-corrected chi connectivity index (χ2v) is 6.48. The van der Waals surface area contributed by atoms with Crippen LogP contribution in [0, 0.1) is 3.83 Å². The molecule has 1 fully saturated rings. The van der Waals surface area contributed by atoms with E-state index in [1.807, 2.05) is 29.5 Å². The highest BCUT2D eigenvalue weighted by molar-refractivity contribution is 14.1. The Morgan fingerprint density at radius 3 is 2.67 bits per heavy atom. The number of nitrogens with two attached hydrogens (primary N) is 1. The molecule has 24 heavy (non-hydrogen) atoms. The van der Waals surface area contributed by atoms with Crippen LogP contribution in [-0.4, -0.2) is 66.3 Å². The summed E-state index contributed by atoms with van der Waals surface area (Å²) >= 11 is 1.94. The fraction of sp³-hybridized carbons (Fsp3) is 0.615. The number of halogens is 1. The van der Waals surface area contributed by atoms with Crippen molar-refractivity contribution in [3.05, 3.63) is 3.83 Å². The summed E-state index contributed by atoms with van der Waals surface area (Å²) < 4.78 is 7.59. The van der Waals surface area contributed by atoms with Gasteiger partial charge in [0.15, 0.2) is 27.0 Å². The lowest BCUT2D eigenvalue weighted by molar-refractivity contribution is -0.0501. The molecular weight excluding hydrogens is 431 g/mol. The Labute approximate surface area is 151 Å². The Hall–Kier alpha value is -1.28. The first-order chi connectivity index (χ1) is 11.5. The van der Waals surface area contributed by atoms with Crippen LogP contribution in [0.1, 0.15) is 19.6 Å². The second kappa shape index (κ2) is 6.92. The van der Waals surface area contributed by atoms with Gasteiger partial charge in [0.05, 0.1) is 6.61 Å². The summed E-state index contributed by atoms with van der Waals surface area (Å²) in [6.07, 6.45) is -3.44. The van der Waals surface area contributed by atoms with Gasteiger partial charge < -0.3 is 31.1 Å². The molecule has 4 atom stereocenters. The van der Waals surface area contributed by atoms with E-state index in [0.29, 0.717) is 27.5 Å². The molecule has 6 N–H and O–H groups in total. The Kier molecular flexibility index (Phi) is 5.05. The average Bonchev–Trinajstić information content (AvgIpc) is 3.04. The Morgan fingerprint density at radius 1 is 1.29 bits per heavy atom. The molecule has 11 heteroatoms. The van der Waals surface area contributed by atoms with Crippen LogP contribution in [0.2, 0.25) is 0 Å². The minimum atomic E-state index is -1.24. The van der Waals surface area contributed by atoms with Gasteiger partial charge in [0.2, 0.25) is 5.95 Å². The van der Waals surface area contributed by atoms with Crippen LogP contribution in [0.15, 0.2) is 0 Å². The number of fused-ring (bicyclic) bond motifs is 1. The number of anilines is 2. The average molecular weight is 450 g/mol. The minimum Gasteiger partial charge on any atom is -0.394 e. The third kappa shape index (κ3) is 2.90. The second-order valence-electron chi connectivity index (χ2n) is 5.51. The molecule has 132 valence electrons. The van der Waals surface area contributed by atoms with E-state index >= 15 is 0 Å². The lowest BCUT2D eigenvalue weighted by Crippen LogP contribution is -2.33. The zero-order valence-corrected chi connectivity index (χ0v) is 15.1. The van der Waals surface area contributed by atoms with Crippen LogP contribution >= 0.6 is 22.6 Å². The first kappa shape index (κ1) is 17.5. The van der Waals surface area contributed by atoms with Crippen molar-refractivity contribution in [3.63, 3.8) is 0 Å². The Balaban J connectivity index is 2.14. The number of imidazole rings is 1. The summed E-state index contributed by atoms with van der Waals surface area (Å²) in [6.45, 7) is 2.24. The SMILES string of the molecule is CCCNc1nc2c(N)nc(I)nc2n1[C@@H]1O[C@H](CO)[C@@H](O)[C@H]1O. The molecule has 1 saturated heterocycles. The van der Waals surface area contributed by atoms with Gasteiger partial charge in [0.25, 0.3) is 0 Å². The number of nitrogen functional groups attached to an aromatic ring is 1. The van der Waals surface area contributed by atoms with E-state index in [-0.39, 0.29) is 5.82 Å². The smallest absolute Gasteiger partial charge is 0.207 e. The van der Waals surface area contributed by atoms with Crippen molar-refractivity contribution in [2.45, 2.75) is 37.9 Å². The number of rotatable bonds is 5. The van der Waals surface area contributed by atoms with Crippen LogP contribution in [-0.2, 0) is 4.74 Å². The first-order valence-corrected chi connectivity index (χ1v) is 8.63. The molecule has 0 saturated carbocycles. The van der Waals surface area contributed by atoms with Gasteiger partial charge in [0.1, 0.15) is 18.3 Å². The standard InChI is InChI=1S/C13H19IN6O4/c1-2-3-16-13-17-6-9(15)18-12(14)19-10(6)20(13)11-8(23)7(22)5(4-21)24-11/h5,7-8,11,21-23H,2-4H2,1H3,(H,16,17)(H2,15,18,19)/t5-,7-,8-,11-/m1/s1. The van der Waals surface area contributed by atoms with Crippen LogP contribution < -0.4 is 11.1 Å². The maximum Gasteiger partial charge on any atom is 0.207 e. The van der Waals surface area contributed by atoms with E-state index in [2.05, 4.69) is 20.3 Å². The fourth-order valence-electron chi connectivity index (χ4n) is 2.66. The molecule has 0 amide bonds. The van der Waals surface area contributed by atoms with Crippen molar-refractivity contribution >= 4 is 45.5 Å². The highest BCUT2D eigenvalue weighted by Gasteiger charge is 2.45. The zero-order chi connectivity index (χ0) is 17.4. The van der Waals surface area contributed by atoms with E-state index in [0.717, 1.165) is 6.42 Å². The molecule has 1 aliphatic rings. The number of nitrogens with zero attached hydrogens (tertiary/aromatic N) is 4. The fourth-order valence-corrected chi connectivity index (χ4v) is 3.15. The number of aromatic nitrogens is 4. The lowest BCUT2D eigenvalue weighted by atomic mass is 10.1. The molecule has 0 radical (unpaired) electrons. The van der Waals surface area contributed by atoms with E-state index in [4.69, 9.17) is 10.5 Å². The van der Waals surface area contributed by atoms with Gasteiger partial charge in [0, 0.05) is 29.1 Å². The number of hydrogen-bond donors (Lipinski definition) is 5. The van der Waals surface area contributed by atoms with E-state index < -0.39 is 31.1 Å². The summed E-state index contributed by atoms with van der Waals surface area (Å²) in [7, 11) is 0. The predicted octanol–water partition coefficient (Wildman–Crippen LogP) is -0.554. The number of ether oxygens (including phenoxy) is 1. The topological polar surface area (TPSA) is 152 Å². The summed E-state index contributed by atoms with van der Waals surface area (Å²) in [5.74, 6) is 0.624. The van der Waals surface area contributed by atoms with Gasteiger partial charge in [-0.3, -0.25) is 4.57 Å².